The fourth-order valence-electron chi connectivity index (χ4n) is 1.77. The maximum absolute atomic E-state index is 4.89. The van der Waals surface area contributed by atoms with Crippen molar-refractivity contribution < 1.29 is 17.0 Å². The van der Waals surface area contributed by atoms with E-state index in [9.17, 15) is 0 Å². The maximum atomic E-state index is 4.89. The summed E-state index contributed by atoms with van der Waals surface area (Å²) < 4.78 is 0. The van der Waals surface area contributed by atoms with E-state index in [1.54, 1.807) is 0 Å². The number of hydrogen-bond donors (Lipinski definition) is 0. The van der Waals surface area contributed by atoms with E-state index < -0.39 is 17.0 Å². The van der Waals surface area contributed by atoms with Gasteiger partial charge in [-0.25, -0.2) is 35.5 Å². The van der Waals surface area contributed by atoms with Gasteiger partial charge < -0.3 is 0 Å². The summed E-state index contributed by atoms with van der Waals surface area (Å²) in [5.74, 6) is 0. The zero-order valence-corrected chi connectivity index (χ0v) is 15.3. The zero-order chi connectivity index (χ0) is 14.7. The van der Waals surface area contributed by atoms with Gasteiger partial charge in [0.2, 0.25) is 0 Å². The summed E-state index contributed by atoms with van der Waals surface area (Å²) in [6.07, 6.45) is 15.6. The zero-order valence-electron chi connectivity index (χ0n) is 12.2. The first-order valence-electron chi connectivity index (χ1n) is 6.60. The van der Waals surface area contributed by atoms with Crippen molar-refractivity contribution in [2.45, 2.75) is 53.4 Å². The third-order valence-electron chi connectivity index (χ3n) is 2.82. The van der Waals surface area contributed by atoms with Crippen LogP contribution < -0.4 is 0 Å². The fourth-order valence-corrected chi connectivity index (χ4v) is 1.77. The number of rotatable bonds is 2. The predicted octanol–water partition coefficient (Wildman–Crippen LogP) is 6.33. The summed E-state index contributed by atoms with van der Waals surface area (Å²) in [5, 5.41) is 0. The van der Waals surface area contributed by atoms with Crippen LogP contribution in [0.2, 0.25) is 0 Å². The molecule has 0 radical (unpaired) electrons. The molecule has 3 heteroatoms. The van der Waals surface area contributed by atoms with Gasteiger partial charge in [0, 0.05) is 0 Å². The first-order valence-corrected chi connectivity index (χ1v) is 10.9. The summed E-state index contributed by atoms with van der Waals surface area (Å²) >= 11 is -0.556. The Bertz CT molecular complexity index is 340. The van der Waals surface area contributed by atoms with Gasteiger partial charge in [-0.15, -0.1) is 0 Å². The third kappa shape index (κ3) is 9.74. The average Bonchev–Trinajstić information content (AvgIpc) is 2.99. The third-order valence-corrected chi connectivity index (χ3v) is 2.82. The van der Waals surface area contributed by atoms with Crippen LogP contribution in [0.4, 0.5) is 0 Å². The Labute approximate surface area is 135 Å². The molecule has 0 spiro atoms. The van der Waals surface area contributed by atoms with Crippen molar-refractivity contribution in [3.8, 4) is 0 Å². The van der Waals surface area contributed by atoms with E-state index in [2.05, 4.69) is 52.0 Å². The second-order valence-corrected chi connectivity index (χ2v) is 7.04. The van der Waals surface area contributed by atoms with Crippen LogP contribution in [0, 0.1) is 12.2 Å². The van der Waals surface area contributed by atoms with E-state index in [1.807, 2.05) is 0 Å². The molecule has 19 heavy (non-hydrogen) atoms. The Morgan fingerprint density at radius 3 is 1.37 bits per heavy atom. The molecule has 0 heterocycles. The summed E-state index contributed by atoms with van der Waals surface area (Å²) in [7, 11) is 9.78. The van der Waals surface area contributed by atoms with Crippen molar-refractivity contribution in [2.24, 2.45) is 0 Å². The SMILES string of the molecule is CCC1=CCC(C)=[C-]1.CCC1=CCC(C)=[C-]1.[Cl][Ti][Cl]. The topological polar surface area (TPSA) is 0 Å². The molecule has 0 aromatic heterocycles. The number of hydrogen-bond acceptors (Lipinski definition) is 0. The molecule has 2 aliphatic rings. The van der Waals surface area contributed by atoms with E-state index in [0.717, 1.165) is 25.7 Å². The van der Waals surface area contributed by atoms with E-state index in [1.165, 1.54) is 22.3 Å². The minimum absolute atomic E-state index is 0.556. The van der Waals surface area contributed by atoms with Gasteiger partial charge in [0.25, 0.3) is 0 Å². The van der Waals surface area contributed by atoms with E-state index in [4.69, 9.17) is 18.6 Å². The molecule has 0 saturated heterocycles. The molecule has 0 aliphatic heterocycles. The Kier molecular flexibility index (Phi) is 12.2. The molecule has 0 atom stereocenters. The van der Waals surface area contributed by atoms with Crippen LogP contribution in [0.25, 0.3) is 0 Å². The predicted molar refractivity (Wildman–Crippen MR) is 82.5 cm³/mol. The van der Waals surface area contributed by atoms with Gasteiger partial charge in [0.15, 0.2) is 0 Å². The first-order chi connectivity index (χ1) is 9.07. The van der Waals surface area contributed by atoms with Crippen LogP contribution in [-0.4, -0.2) is 0 Å². The molecule has 0 aromatic rings. The molecular formula is C16H22Cl2Ti-2. The van der Waals surface area contributed by atoms with E-state index in [-0.39, 0.29) is 0 Å². The van der Waals surface area contributed by atoms with Crippen molar-refractivity contribution in [2.75, 3.05) is 0 Å². The molecule has 0 bridgehead atoms. The molecule has 0 N–H and O–H groups in total. The molecule has 0 amide bonds. The van der Waals surface area contributed by atoms with Gasteiger partial charge in [0.05, 0.1) is 0 Å². The van der Waals surface area contributed by atoms with Gasteiger partial charge in [-0.3, -0.25) is 0 Å². The van der Waals surface area contributed by atoms with Crippen LogP contribution >= 0.6 is 18.6 Å². The summed E-state index contributed by atoms with van der Waals surface area (Å²) in [6, 6.07) is 0. The number of halogens is 2. The summed E-state index contributed by atoms with van der Waals surface area (Å²) in [4.78, 5) is 0. The molecular weight excluding hydrogens is 311 g/mol. The quantitative estimate of drug-likeness (QED) is 0.409. The molecule has 0 fully saturated rings. The van der Waals surface area contributed by atoms with Gasteiger partial charge in [-0.05, 0) is 0 Å². The molecule has 2 aliphatic carbocycles. The minimum atomic E-state index is -0.556. The second-order valence-electron chi connectivity index (χ2n) is 4.46. The molecule has 0 aromatic carbocycles. The van der Waals surface area contributed by atoms with Crippen LogP contribution in [-0.2, 0) is 17.0 Å². The normalized spacial score (nSPS) is 16.1. The molecule has 2 rings (SSSR count). The Morgan fingerprint density at radius 1 is 0.947 bits per heavy atom. The van der Waals surface area contributed by atoms with Gasteiger partial charge in [0.1, 0.15) is 0 Å². The van der Waals surface area contributed by atoms with Crippen molar-refractivity contribution in [1.29, 1.82) is 0 Å². The molecule has 0 unspecified atom stereocenters. The standard InChI is InChI=1S/2C8H11.2ClH.Ti/c2*1-3-8-5-4-7(2)6-8;;;/h2*5H,3-4H2,1-2H3;2*1H;/q2*-1;;;+2/p-2. The Morgan fingerprint density at radius 2 is 1.26 bits per heavy atom. The van der Waals surface area contributed by atoms with Crippen molar-refractivity contribution in [3.63, 3.8) is 0 Å². The molecule has 106 valence electrons. The Hall–Kier alpha value is 0.254. The Balaban J connectivity index is 0.000000284. The monoisotopic (exact) mass is 332 g/mol. The first kappa shape index (κ1) is 19.3. The van der Waals surface area contributed by atoms with Gasteiger partial charge >= 0.3 is 35.6 Å². The molecule has 0 nitrogen and oxygen atoms in total. The van der Waals surface area contributed by atoms with Crippen LogP contribution in [0.5, 0.6) is 0 Å². The average molecular weight is 333 g/mol. The van der Waals surface area contributed by atoms with Gasteiger partial charge in [-0.2, -0.15) is 11.1 Å². The summed E-state index contributed by atoms with van der Waals surface area (Å²) in [6.45, 7) is 8.58. The van der Waals surface area contributed by atoms with Crippen molar-refractivity contribution in [3.05, 3.63) is 46.6 Å². The van der Waals surface area contributed by atoms with E-state index >= 15 is 0 Å². The van der Waals surface area contributed by atoms with Crippen molar-refractivity contribution in [1.82, 2.24) is 0 Å². The van der Waals surface area contributed by atoms with Crippen LogP contribution in [0.15, 0.2) is 34.4 Å². The van der Waals surface area contributed by atoms with Gasteiger partial charge in [-0.1, -0.05) is 53.4 Å². The molecule has 0 saturated carbocycles. The fraction of sp³-hybridized carbons (Fsp3) is 0.500. The number of allylic oxidation sites excluding steroid dienone is 8. The van der Waals surface area contributed by atoms with Crippen molar-refractivity contribution >= 4 is 18.6 Å². The van der Waals surface area contributed by atoms with Crippen LogP contribution in [0.3, 0.4) is 0 Å². The second kappa shape index (κ2) is 12.0. The van der Waals surface area contributed by atoms with Crippen LogP contribution in [0.1, 0.15) is 53.4 Å². The summed E-state index contributed by atoms with van der Waals surface area (Å²) in [5.41, 5.74) is 5.51. The van der Waals surface area contributed by atoms with E-state index in [0.29, 0.717) is 0 Å².